The van der Waals surface area contributed by atoms with Crippen LogP contribution in [0.4, 0.5) is 0 Å². The quantitative estimate of drug-likeness (QED) is 0.678. The van der Waals surface area contributed by atoms with E-state index in [1.807, 2.05) is 18.2 Å². The average Bonchev–Trinajstić information content (AvgIpc) is 2.54. The lowest BCUT2D eigenvalue weighted by Crippen LogP contribution is -2.16. The Morgan fingerprint density at radius 1 is 0.818 bits per heavy atom. The van der Waals surface area contributed by atoms with Crippen LogP contribution in [0.3, 0.4) is 0 Å². The van der Waals surface area contributed by atoms with Crippen LogP contribution in [-0.2, 0) is 6.42 Å². The Balaban J connectivity index is 2.02. The second-order valence-corrected chi connectivity index (χ2v) is 6.22. The second-order valence-electron chi connectivity index (χ2n) is 5.41. The third-order valence-corrected chi connectivity index (χ3v) is 4.70. The molecule has 0 aliphatic rings. The Kier molecular flexibility index (Phi) is 4.68. The van der Waals surface area contributed by atoms with E-state index in [-0.39, 0.29) is 5.92 Å². The van der Waals surface area contributed by atoms with E-state index in [1.165, 1.54) is 16.3 Å². The van der Waals surface area contributed by atoms with Gasteiger partial charge in [-0.1, -0.05) is 71.7 Å². The highest BCUT2D eigenvalue weighted by Gasteiger charge is 2.18. The van der Waals surface area contributed by atoms with Gasteiger partial charge < -0.3 is 5.73 Å². The zero-order chi connectivity index (χ0) is 15.5. The molecule has 0 saturated carbocycles. The number of fused-ring (bicyclic) bond motifs is 1. The van der Waals surface area contributed by atoms with Crippen LogP contribution in [0.1, 0.15) is 17.0 Å². The highest BCUT2D eigenvalue weighted by molar-refractivity contribution is 6.36. The highest BCUT2D eigenvalue weighted by atomic mass is 35.5. The molecule has 3 heteroatoms. The van der Waals surface area contributed by atoms with Gasteiger partial charge in [-0.3, -0.25) is 0 Å². The van der Waals surface area contributed by atoms with Crippen molar-refractivity contribution in [1.82, 2.24) is 0 Å². The van der Waals surface area contributed by atoms with Crippen molar-refractivity contribution < 1.29 is 0 Å². The first-order valence-corrected chi connectivity index (χ1v) is 8.07. The number of hydrogen-bond donors (Lipinski definition) is 1. The van der Waals surface area contributed by atoms with E-state index in [2.05, 4.69) is 42.5 Å². The molecule has 1 atom stereocenters. The molecule has 0 radical (unpaired) electrons. The normalized spacial score (nSPS) is 12.5. The summed E-state index contributed by atoms with van der Waals surface area (Å²) in [4.78, 5) is 0. The van der Waals surface area contributed by atoms with Gasteiger partial charge in [0.1, 0.15) is 0 Å². The van der Waals surface area contributed by atoms with Gasteiger partial charge in [0.05, 0.1) is 0 Å². The van der Waals surface area contributed by atoms with E-state index in [4.69, 9.17) is 28.9 Å². The number of nitrogens with two attached hydrogens (primary N) is 1. The van der Waals surface area contributed by atoms with E-state index < -0.39 is 0 Å². The lowest BCUT2D eigenvalue weighted by molar-refractivity contribution is 0.698. The summed E-state index contributed by atoms with van der Waals surface area (Å²) in [7, 11) is 0. The number of benzene rings is 3. The van der Waals surface area contributed by atoms with Gasteiger partial charge in [0.15, 0.2) is 0 Å². The summed E-state index contributed by atoms with van der Waals surface area (Å²) in [5.41, 5.74) is 8.23. The fourth-order valence-electron chi connectivity index (χ4n) is 2.94. The summed E-state index contributed by atoms with van der Waals surface area (Å²) in [5.74, 6) is 0.104. The van der Waals surface area contributed by atoms with Gasteiger partial charge in [-0.15, -0.1) is 0 Å². The predicted octanol–water partition coefficient (Wildman–Crippen LogP) is 5.43. The maximum Gasteiger partial charge on any atom is 0.0456 e. The minimum Gasteiger partial charge on any atom is -0.330 e. The predicted molar refractivity (Wildman–Crippen MR) is 95.9 cm³/mol. The summed E-state index contributed by atoms with van der Waals surface area (Å²) in [6, 6.07) is 20.3. The first kappa shape index (κ1) is 15.4. The zero-order valence-electron chi connectivity index (χ0n) is 12.1. The molecular weight excluding hydrogens is 313 g/mol. The summed E-state index contributed by atoms with van der Waals surface area (Å²) in [5, 5.41) is 3.86. The van der Waals surface area contributed by atoms with Crippen LogP contribution in [0, 0.1) is 0 Å². The average molecular weight is 330 g/mol. The first-order chi connectivity index (χ1) is 10.7. The van der Waals surface area contributed by atoms with E-state index in [0.717, 1.165) is 12.0 Å². The van der Waals surface area contributed by atoms with Crippen LogP contribution in [0.5, 0.6) is 0 Å². The van der Waals surface area contributed by atoms with E-state index in [1.54, 1.807) is 0 Å². The molecule has 1 nitrogen and oxygen atoms in total. The van der Waals surface area contributed by atoms with Crippen LogP contribution in [0.2, 0.25) is 10.0 Å². The van der Waals surface area contributed by atoms with Gasteiger partial charge in [-0.25, -0.2) is 0 Å². The minimum absolute atomic E-state index is 0.104. The van der Waals surface area contributed by atoms with Crippen molar-refractivity contribution in [1.29, 1.82) is 0 Å². The smallest absolute Gasteiger partial charge is 0.0456 e. The van der Waals surface area contributed by atoms with Crippen molar-refractivity contribution in [3.05, 3.63) is 81.8 Å². The van der Waals surface area contributed by atoms with Gasteiger partial charge >= 0.3 is 0 Å². The fourth-order valence-corrected chi connectivity index (χ4v) is 3.65. The monoisotopic (exact) mass is 329 g/mol. The minimum atomic E-state index is 0.104. The Bertz CT molecular complexity index is 773. The second kappa shape index (κ2) is 6.70. The van der Waals surface area contributed by atoms with Crippen LogP contribution < -0.4 is 5.73 Å². The third kappa shape index (κ3) is 2.98. The maximum atomic E-state index is 6.35. The molecule has 2 N–H and O–H groups in total. The van der Waals surface area contributed by atoms with Crippen molar-refractivity contribution in [3.8, 4) is 0 Å². The molecule has 0 aliphatic heterocycles. The number of halogens is 2. The lowest BCUT2D eigenvalue weighted by atomic mass is 9.89. The molecule has 0 saturated heterocycles. The maximum absolute atomic E-state index is 6.35. The van der Waals surface area contributed by atoms with Crippen LogP contribution in [-0.4, -0.2) is 6.54 Å². The Morgan fingerprint density at radius 2 is 1.45 bits per heavy atom. The van der Waals surface area contributed by atoms with E-state index >= 15 is 0 Å². The number of rotatable bonds is 4. The SMILES string of the molecule is NCC(Cc1cccc2ccccc12)c1c(Cl)cccc1Cl. The Hall–Kier alpha value is -1.54. The van der Waals surface area contributed by atoms with Crippen LogP contribution in [0.25, 0.3) is 10.8 Å². The first-order valence-electron chi connectivity index (χ1n) is 7.31. The summed E-state index contributed by atoms with van der Waals surface area (Å²) < 4.78 is 0. The molecule has 0 spiro atoms. The molecule has 0 aromatic heterocycles. The van der Waals surface area contributed by atoms with Gasteiger partial charge in [-0.05, 0) is 47.0 Å². The van der Waals surface area contributed by atoms with Crippen molar-refractivity contribution in [2.24, 2.45) is 5.73 Å². The summed E-state index contributed by atoms with van der Waals surface area (Å²) in [6.45, 7) is 0.507. The van der Waals surface area contributed by atoms with Gasteiger partial charge in [0.2, 0.25) is 0 Å². The molecule has 0 bridgehead atoms. The van der Waals surface area contributed by atoms with Crippen molar-refractivity contribution in [2.75, 3.05) is 6.54 Å². The zero-order valence-corrected chi connectivity index (χ0v) is 13.6. The molecule has 0 amide bonds. The van der Waals surface area contributed by atoms with Crippen molar-refractivity contribution in [3.63, 3.8) is 0 Å². The standard InChI is InChI=1S/C19H17Cl2N/c20-17-9-4-10-18(21)19(17)15(12-22)11-14-7-3-6-13-5-1-2-8-16(13)14/h1-10,15H,11-12,22H2. The molecule has 0 heterocycles. The van der Waals surface area contributed by atoms with Gasteiger partial charge in [0.25, 0.3) is 0 Å². The lowest BCUT2D eigenvalue weighted by Gasteiger charge is -2.19. The van der Waals surface area contributed by atoms with E-state index in [9.17, 15) is 0 Å². The van der Waals surface area contributed by atoms with Gasteiger partial charge in [0, 0.05) is 16.0 Å². The molecule has 3 aromatic carbocycles. The van der Waals surface area contributed by atoms with Crippen LogP contribution >= 0.6 is 23.2 Å². The summed E-state index contributed by atoms with van der Waals surface area (Å²) >= 11 is 12.7. The van der Waals surface area contributed by atoms with E-state index in [0.29, 0.717) is 16.6 Å². The number of hydrogen-bond acceptors (Lipinski definition) is 1. The molecule has 3 aromatic rings. The molecule has 3 rings (SSSR count). The largest absolute Gasteiger partial charge is 0.330 e. The topological polar surface area (TPSA) is 26.0 Å². The fraction of sp³-hybridized carbons (Fsp3) is 0.158. The molecule has 0 fully saturated rings. The molecule has 1 unspecified atom stereocenters. The van der Waals surface area contributed by atoms with Gasteiger partial charge in [-0.2, -0.15) is 0 Å². The molecule has 0 aliphatic carbocycles. The Labute approximate surface area is 140 Å². The molecule has 22 heavy (non-hydrogen) atoms. The van der Waals surface area contributed by atoms with Crippen molar-refractivity contribution >= 4 is 34.0 Å². The van der Waals surface area contributed by atoms with Crippen LogP contribution in [0.15, 0.2) is 60.7 Å². The molecular formula is C19H17Cl2N. The molecule has 112 valence electrons. The summed E-state index contributed by atoms with van der Waals surface area (Å²) in [6.07, 6.45) is 0.821. The Morgan fingerprint density at radius 3 is 2.18 bits per heavy atom. The van der Waals surface area contributed by atoms with Crippen molar-refractivity contribution in [2.45, 2.75) is 12.3 Å². The highest BCUT2D eigenvalue weighted by Crippen LogP contribution is 2.34. The third-order valence-electron chi connectivity index (χ3n) is 4.04.